The van der Waals surface area contributed by atoms with E-state index in [-0.39, 0.29) is 23.1 Å². The van der Waals surface area contributed by atoms with Crippen LogP contribution in [0.5, 0.6) is 5.75 Å². The Balaban J connectivity index is 2.11. The van der Waals surface area contributed by atoms with Gasteiger partial charge < -0.3 is 15.7 Å². The molecule has 0 atom stereocenters. The Morgan fingerprint density at radius 2 is 1.24 bits per heavy atom. The van der Waals surface area contributed by atoms with Gasteiger partial charge in [-0.15, -0.1) is 0 Å². The highest BCUT2D eigenvalue weighted by atomic mass is 16.3. The van der Waals surface area contributed by atoms with Gasteiger partial charge >= 0.3 is 0 Å². The van der Waals surface area contributed by atoms with Gasteiger partial charge in [0.15, 0.2) is 0 Å². The Morgan fingerprint density at radius 3 is 1.74 bits per heavy atom. The summed E-state index contributed by atoms with van der Waals surface area (Å²) in [5, 5.41) is 15.6. The van der Waals surface area contributed by atoms with E-state index >= 15 is 0 Å². The van der Waals surface area contributed by atoms with Crippen LogP contribution >= 0.6 is 0 Å². The van der Waals surface area contributed by atoms with Crippen molar-refractivity contribution in [1.82, 2.24) is 10.6 Å². The number of rotatable bonds is 18. The molecular weight excluding hydrogens is 472 g/mol. The zero-order valence-electron chi connectivity index (χ0n) is 23.4. The van der Waals surface area contributed by atoms with Gasteiger partial charge in [-0.3, -0.25) is 9.59 Å². The molecule has 0 aliphatic heterocycles. The fourth-order valence-electron chi connectivity index (χ4n) is 3.35. The van der Waals surface area contributed by atoms with Crippen LogP contribution in [0.2, 0.25) is 0 Å². The van der Waals surface area contributed by atoms with Crippen molar-refractivity contribution >= 4 is 11.8 Å². The van der Waals surface area contributed by atoms with Gasteiger partial charge in [-0.2, -0.15) is 0 Å². The first-order valence-electron chi connectivity index (χ1n) is 13.6. The van der Waals surface area contributed by atoms with Crippen LogP contribution in [0.15, 0.2) is 97.2 Å². The Kier molecular flexibility index (Phi) is 17.5. The molecule has 1 aromatic rings. The van der Waals surface area contributed by atoms with Crippen molar-refractivity contribution in [3.63, 3.8) is 0 Å². The van der Waals surface area contributed by atoms with Crippen LogP contribution in [-0.4, -0.2) is 29.0 Å². The third-order valence-electron chi connectivity index (χ3n) is 5.46. The lowest BCUT2D eigenvalue weighted by Gasteiger charge is -2.26. The molecule has 0 aromatic heterocycles. The number of hydrogen-bond donors (Lipinski definition) is 3. The van der Waals surface area contributed by atoms with Crippen LogP contribution in [0.3, 0.4) is 0 Å². The number of nitrogens with one attached hydrogen (secondary N) is 2. The first-order valence-corrected chi connectivity index (χ1v) is 13.6. The average molecular weight is 519 g/mol. The molecule has 0 saturated carbocycles. The quantitative estimate of drug-likeness (QED) is 0.176. The van der Waals surface area contributed by atoms with E-state index in [2.05, 4.69) is 84.4 Å². The largest absolute Gasteiger partial charge is 0.507 e. The molecule has 0 saturated heterocycles. The zero-order chi connectivity index (χ0) is 27.9. The molecule has 0 fully saturated rings. The summed E-state index contributed by atoms with van der Waals surface area (Å²) < 4.78 is 0. The molecular formula is C33H46N2O3. The van der Waals surface area contributed by atoms with E-state index in [0.29, 0.717) is 19.4 Å². The summed E-state index contributed by atoms with van der Waals surface area (Å²) in [6, 6.07) is 6.39. The van der Waals surface area contributed by atoms with Gasteiger partial charge in [-0.05, 0) is 70.9 Å². The molecule has 1 rings (SSSR count). The van der Waals surface area contributed by atoms with Gasteiger partial charge in [-0.1, -0.05) is 92.0 Å². The first kappa shape index (κ1) is 32.4. The minimum Gasteiger partial charge on any atom is -0.507 e. The normalized spacial score (nSPS) is 12.7. The molecule has 5 nitrogen and oxygen atoms in total. The summed E-state index contributed by atoms with van der Waals surface area (Å²) >= 11 is 0. The number of phenols is 1. The summed E-state index contributed by atoms with van der Waals surface area (Å²) in [5.74, 6) is -0.504. The number of para-hydroxylation sites is 1. The second-order valence-electron chi connectivity index (χ2n) is 9.59. The molecule has 0 heterocycles. The molecule has 0 aliphatic carbocycles. The minimum absolute atomic E-state index is 0.0607. The molecule has 0 bridgehead atoms. The van der Waals surface area contributed by atoms with Crippen molar-refractivity contribution in [2.24, 2.45) is 0 Å². The Morgan fingerprint density at radius 1 is 0.763 bits per heavy atom. The highest BCUT2D eigenvalue weighted by Crippen LogP contribution is 2.16. The van der Waals surface area contributed by atoms with Crippen LogP contribution in [0.25, 0.3) is 0 Å². The second-order valence-corrected chi connectivity index (χ2v) is 9.59. The van der Waals surface area contributed by atoms with Gasteiger partial charge in [0.25, 0.3) is 5.91 Å². The molecule has 0 spiro atoms. The number of allylic oxidation sites excluding steroid dienone is 12. The smallest absolute Gasteiger partial charge is 0.255 e. The predicted molar refractivity (Wildman–Crippen MR) is 160 cm³/mol. The van der Waals surface area contributed by atoms with Crippen LogP contribution in [-0.2, 0) is 4.79 Å². The number of carbonyl (C=O) groups excluding carboxylic acids is 2. The van der Waals surface area contributed by atoms with Gasteiger partial charge in [-0.25, -0.2) is 0 Å². The van der Waals surface area contributed by atoms with Gasteiger partial charge in [0.05, 0.1) is 11.1 Å². The van der Waals surface area contributed by atoms with E-state index in [9.17, 15) is 14.7 Å². The standard InChI is InChI=1S/C33H46N2O3/c1-4-5-6-7-8-9-10-11-12-13-14-15-16-17-18-19-20-21-22-27-31(37)34-28-33(2,3)35-32(38)29-25-23-24-26-30(29)36/h5-6,8-9,11-12,14-15,17-18,20-21,23-26,36H,4,7,10,13,16,19,22,27-28H2,1-3H3,(H,34,37)(H,35,38)/b6-5-,9-8-,12-11-,15-14-,18-17-,21-20-. The number of amides is 2. The SMILES string of the molecule is CC/C=C\C/C=C\C/C=C\C/C=C\C/C=C\C/C=C\CCC(=O)NCC(C)(C)NC(=O)c1ccccc1O. The van der Waals surface area contributed by atoms with Gasteiger partial charge in [0.2, 0.25) is 5.91 Å². The van der Waals surface area contributed by atoms with E-state index in [1.54, 1.807) is 18.2 Å². The topological polar surface area (TPSA) is 78.4 Å². The first-order chi connectivity index (χ1) is 18.4. The van der Waals surface area contributed by atoms with E-state index in [0.717, 1.165) is 38.5 Å². The van der Waals surface area contributed by atoms with Gasteiger partial charge in [0.1, 0.15) is 5.75 Å². The maximum Gasteiger partial charge on any atom is 0.255 e. The molecule has 0 radical (unpaired) electrons. The Labute approximate surface area is 229 Å². The number of carbonyl (C=O) groups is 2. The molecule has 5 heteroatoms. The molecule has 0 aliphatic rings. The van der Waals surface area contributed by atoms with Crippen LogP contribution in [0.4, 0.5) is 0 Å². The summed E-state index contributed by atoms with van der Waals surface area (Å²) in [6.07, 6.45) is 32.8. The Bertz CT molecular complexity index is 997. The number of phenolic OH excluding ortho intramolecular Hbond substituents is 1. The fourth-order valence-corrected chi connectivity index (χ4v) is 3.35. The maximum atomic E-state index is 12.4. The highest BCUT2D eigenvalue weighted by molar-refractivity contribution is 5.97. The van der Waals surface area contributed by atoms with Crippen LogP contribution in [0, 0.1) is 0 Å². The third kappa shape index (κ3) is 17.0. The third-order valence-corrected chi connectivity index (χ3v) is 5.46. The lowest BCUT2D eigenvalue weighted by atomic mass is 10.0. The van der Waals surface area contributed by atoms with Crippen molar-refractivity contribution in [1.29, 1.82) is 0 Å². The van der Waals surface area contributed by atoms with Crippen molar-refractivity contribution in [3.8, 4) is 5.75 Å². The fraction of sp³-hybridized carbons (Fsp3) is 0.394. The summed E-state index contributed by atoms with van der Waals surface area (Å²) in [7, 11) is 0. The second kappa shape index (κ2) is 20.5. The van der Waals surface area contributed by atoms with Crippen molar-refractivity contribution in [3.05, 3.63) is 103 Å². The summed E-state index contributed by atoms with van der Waals surface area (Å²) in [6.45, 7) is 6.11. The number of hydrogen-bond acceptors (Lipinski definition) is 3. The van der Waals surface area contributed by atoms with Crippen molar-refractivity contribution in [2.75, 3.05) is 6.54 Å². The lowest BCUT2D eigenvalue weighted by Crippen LogP contribution is -2.51. The van der Waals surface area contributed by atoms with Crippen LogP contribution < -0.4 is 10.6 Å². The molecule has 38 heavy (non-hydrogen) atoms. The van der Waals surface area contributed by atoms with E-state index < -0.39 is 5.54 Å². The minimum atomic E-state index is -0.650. The monoisotopic (exact) mass is 518 g/mol. The Hall–Kier alpha value is -3.60. The molecule has 3 N–H and O–H groups in total. The molecule has 2 amide bonds. The van der Waals surface area contributed by atoms with Gasteiger partial charge in [0, 0.05) is 13.0 Å². The molecule has 1 aromatic carbocycles. The number of benzene rings is 1. The lowest BCUT2D eigenvalue weighted by molar-refractivity contribution is -0.121. The van der Waals surface area contributed by atoms with Crippen molar-refractivity contribution in [2.45, 2.75) is 77.7 Å². The zero-order valence-corrected chi connectivity index (χ0v) is 23.4. The van der Waals surface area contributed by atoms with E-state index in [4.69, 9.17) is 0 Å². The summed E-state index contributed by atoms with van der Waals surface area (Å²) in [5.41, 5.74) is -0.437. The van der Waals surface area contributed by atoms with Crippen molar-refractivity contribution < 1.29 is 14.7 Å². The van der Waals surface area contributed by atoms with Crippen LogP contribution in [0.1, 0.15) is 82.5 Å². The van der Waals surface area contributed by atoms with E-state index in [1.165, 1.54) is 6.07 Å². The van der Waals surface area contributed by atoms with E-state index in [1.807, 2.05) is 19.9 Å². The molecule has 0 unspecified atom stereocenters. The average Bonchev–Trinajstić information content (AvgIpc) is 2.89. The predicted octanol–water partition coefficient (Wildman–Crippen LogP) is 7.49. The summed E-state index contributed by atoms with van der Waals surface area (Å²) in [4.78, 5) is 24.5. The maximum absolute atomic E-state index is 12.4. The highest BCUT2D eigenvalue weighted by Gasteiger charge is 2.23. The molecule has 206 valence electrons. The number of aromatic hydroxyl groups is 1.